The molecule has 0 aromatic heterocycles. The van der Waals surface area contributed by atoms with Crippen LogP contribution in [-0.4, -0.2) is 65.2 Å². The van der Waals surface area contributed by atoms with Crippen molar-refractivity contribution in [2.45, 2.75) is 52.2 Å². The maximum Gasteiger partial charge on any atom is 0.410 e. The summed E-state index contributed by atoms with van der Waals surface area (Å²) in [6.45, 7) is 7.74. The Balaban J connectivity index is 2.38. The van der Waals surface area contributed by atoms with Gasteiger partial charge in [0, 0.05) is 31.8 Å². The van der Waals surface area contributed by atoms with Gasteiger partial charge in [0.05, 0.1) is 12.6 Å². The first-order valence-electron chi connectivity index (χ1n) is 9.31. The van der Waals surface area contributed by atoms with Gasteiger partial charge in [-0.05, 0) is 57.9 Å². The quantitative estimate of drug-likeness (QED) is 0.579. The Morgan fingerprint density at radius 3 is 2.42 bits per heavy atom. The van der Waals surface area contributed by atoms with Crippen LogP contribution in [0.15, 0.2) is 11.6 Å². The zero-order valence-corrected chi connectivity index (χ0v) is 16.1. The monoisotopic (exact) mass is 369 g/mol. The molecule has 1 amide bonds. The molecule has 1 heterocycles. The van der Waals surface area contributed by atoms with Gasteiger partial charge in [-0.15, -0.1) is 0 Å². The first-order chi connectivity index (χ1) is 12.2. The van der Waals surface area contributed by atoms with Gasteiger partial charge < -0.3 is 24.6 Å². The van der Waals surface area contributed by atoms with E-state index in [9.17, 15) is 19.8 Å². The summed E-state index contributed by atoms with van der Waals surface area (Å²) in [6.07, 6.45) is 2.24. The fourth-order valence-corrected chi connectivity index (χ4v) is 4.11. The van der Waals surface area contributed by atoms with Gasteiger partial charge in [-0.1, -0.05) is 0 Å². The smallest absolute Gasteiger partial charge is 0.410 e. The minimum absolute atomic E-state index is 0.00380. The minimum atomic E-state index is -0.629. The van der Waals surface area contributed by atoms with Crippen LogP contribution < -0.4 is 0 Å². The van der Waals surface area contributed by atoms with E-state index < -0.39 is 23.7 Å². The van der Waals surface area contributed by atoms with Gasteiger partial charge in [0.15, 0.2) is 0 Å². The fourth-order valence-electron chi connectivity index (χ4n) is 4.11. The van der Waals surface area contributed by atoms with Gasteiger partial charge in [-0.2, -0.15) is 0 Å². The number of aliphatic hydroxyl groups is 2. The van der Waals surface area contributed by atoms with Gasteiger partial charge in [0.1, 0.15) is 5.60 Å². The lowest BCUT2D eigenvalue weighted by molar-refractivity contribution is -0.137. The number of hydrogen-bond donors (Lipinski definition) is 2. The normalized spacial score (nSPS) is 30.2. The molecule has 1 aliphatic heterocycles. The van der Waals surface area contributed by atoms with E-state index in [1.807, 2.05) is 0 Å². The molecule has 2 aliphatic rings. The molecule has 0 aromatic rings. The fraction of sp³-hybridized carbons (Fsp3) is 0.789. The summed E-state index contributed by atoms with van der Waals surface area (Å²) in [6, 6.07) is -0.416. The first kappa shape index (κ1) is 20.7. The number of hydrogen-bond acceptors (Lipinski definition) is 6. The van der Waals surface area contributed by atoms with Crippen molar-refractivity contribution >= 4 is 12.1 Å². The first-order valence-corrected chi connectivity index (χ1v) is 9.31. The van der Waals surface area contributed by atoms with E-state index in [0.717, 1.165) is 5.57 Å². The molecular formula is C19H31NO6. The third-order valence-corrected chi connectivity index (χ3v) is 5.08. The van der Waals surface area contributed by atoms with Gasteiger partial charge in [-0.25, -0.2) is 9.59 Å². The number of carbonyl (C=O) groups is 2. The van der Waals surface area contributed by atoms with Crippen molar-refractivity contribution in [1.82, 2.24) is 4.90 Å². The summed E-state index contributed by atoms with van der Waals surface area (Å²) >= 11 is 0. The summed E-state index contributed by atoms with van der Waals surface area (Å²) in [5.74, 6) is -0.753. The van der Waals surface area contributed by atoms with Crippen molar-refractivity contribution in [2.24, 2.45) is 17.8 Å². The zero-order chi connectivity index (χ0) is 19.5. The van der Waals surface area contributed by atoms with Crippen LogP contribution in [0.4, 0.5) is 4.79 Å². The molecule has 0 radical (unpaired) electrons. The van der Waals surface area contributed by atoms with Gasteiger partial charge in [0.2, 0.25) is 0 Å². The van der Waals surface area contributed by atoms with Crippen molar-refractivity contribution in [1.29, 1.82) is 0 Å². The van der Waals surface area contributed by atoms with Crippen molar-refractivity contribution < 1.29 is 29.3 Å². The number of likely N-dealkylation sites (tertiary alicyclic amines) is 1. The zero-order valence-electron chi connectivity index (χ0n) is 16.1. The van der Waals surface area contributed by atoms with E-state index >= 15 is 0 Å². The number of piperidine rings is 1. The highest BCUT2D eigenvalue weighted by Gasteiger charge is 2.48. The molecule has 0 spiro atoms. The predicted octanol–water partition coefficient (Wildman–Crippen LogP) is 1.72. The molecule has 2 N–H and O–H groups in total. The molecule has 2 fully saturated rings. The van der Waals surface area contributed by atoms with Gasteiger partial charge >= 0.3 is 12.1 Å². The number of aliphatic hydroxyl groups excluding tert-OH is 2. The van der Waals surface area contributed by atoms with Crippen LogP contribution in [0.5, 0.6) is 0 Å². The highest BCUT2D eigenvalue weighted by atomic mass is 16.6. The van der Waals surface area contributed by atoms with Crippen molar-refractivity contribution in [3.05, 3.63) is 11.6 Å². The molecule has 2 rings (SSSR count). The van der Waals surface area contributed by atoms with E-state index in [1.165, 1.54) is 6.08 Å². The predicted molar refractivity (Wildman–Crippen MR) is 95.3 cm³/mol. The van der Waals surface area contributed by atoms with Gasteiger partial charge in [0.25, 0.3) is 0 Å². The molecule has 26 heavy (non-hydrogen) atoms. The van der Waals surface area contributed by atoms with Crippen LogP contribution >= 0.6 is 0 Å². The molecular weight excluding hydrogens is 338 g/mol. The summed E-state index contributed by atoms with van der Waals surface area (Å²) in [5, 5.41) is 19.7. The van der Waals surface area contributed by atoms with Crippen molar-refractivity contribution in [3.8, 4) is 0 Å². The Bertz CT molecular complexity index is 553. The van der Waals surface area contributed by atoms with Crippen LogP contribution in [-0.2, 0) is 14.3 Å². The van der Waals surface area contributed by atoms with Crippen LogP contribution in [0.2, 0.25) is 0 Å². The molecule has 1 saturated carbocycles. The Hall–Kier alpha value is -1.60. The molecule has 0 unspecified atom stereocenters. The molecule has 4 atom stereocenters. The number of fused-ring (bicyclic) bond motifs is 2. The number of rotatable bonds is 4. The molecule has 1 aliphatic carbocycles. The SMILES string of the molecule is CCOC(=O)/C=C1\[C@@H]2[C@H](CO)C[C@H](CO)[C@H]1CCN2C(=O)OC(C)(C)C. The Kier molecular flexibility index (Phi) is 6.69. The van der Waals surface area contributed by atoms with E-state index in [1.54, 1.807) is 32.6 Å². The number of esters is 1. The minimum Gasteiger partial charge on any atom is -0.463 e. The van der Waals surface area contributed by atoms with Crippen molar-refractivity contribution in [3.63, 3.8) is 0 Å². The second kappa shape index (κ2) is 8.39. The lowest BCUT2D eigenvalue weighted by Gasteiger charge is -2.51. The van der Waals surface area contributed by atoms with Crippen LogP contribution in [0.25, 0.3) is 0 Å². The summed E-state index contributed by atoms with van der Waals surface area (Å²) in [4.78, 5) is 26.4. The Morgan fingerprint density at radius 1 is 1.23 bits per heavy atom. The Labute approximate surface area is 155 Å². The molecule has 148 valence electrons. The maximum absolute atomic E-state index is 12.7. The number of amides is 1. The van der Waals surface area contributed by atoms with Crippen LogP contribution in [0.3, 0.4) is 0 Å². The molecule has 1 saturated heterocycles. The van der Waals surface area contributed by atoms with Crippen LogP contribution in [0.1, 0.15) is 40.5 Å². The van der Waals surface area contributed by atoms with E-state index in [0.29, 0.717) is 19.4 Å². The molecule has 7 heteroatoms. The summed E-state index contributed by atoms with van der Waals surface area (Å²) in [7, 11) is 0. The second-order valence-electron chi connectivity index (χ2n) is 8.03. The van der Waals surface area contributed by atoms with E-state index in [2.05, 4.69) is 0 Å². The molecule has 0 aromatic carbocycles. The largest absolute Gasteiger partial charge is 0.463 e. The third-order valence-electron chi connectivity index (χ3n) is 5.08. The maximum atomic E-state index is 12.7. The lowest BCUT2D eigenvalue weighted by atomic mass is 9.64. The van der Waals surface area contributed by atoms with Crippen molar-refractivity contribution in [2.75, 3.05) is 26.4 Å². The van der Waals surface area contributed by atoms with E-state index in [-0.39, 0.29) is 37.6 Å². The number of carbonyl (C=O) groups excluding carboxylic acids is 2. The average Bonchev–Trinajstić information content (AvgIpc) is 2.53. The van der Waals surface area contributed by atoms with E-state index in [4.69, 9.17) is 9.47 Å². The van der Waals surface area contributed by atoms with Crippen LogP contribution in [0, 0.1) is 17.8 Å². The highest BCUT2D eigenvalue weighted by molar-refractivity contribution is 5.83. The summed E-state index contributed by atoms with van der Waals surface area (Å²) < 4.78 is 10.6. The molecule has 2 bridgehead atoms. The number of ether oxygens (including phenoxy) is 2. The molecule has 7 nitrogen and oxygen atoms in total. The second-order valence-corrected chi connectivity index (χ2v) is 8.03. The lowest BCUT2D eigenvalue weighted by Crippen LogP contribution is -2.57. The Morgan fingerprint density at radius 2 is 1.88 bits per heavy atom. The topological polar surface area (TPSA) is 96.3 Å². The summed E-state index contributed by atoms with van der Waals surface area (Å²) in [5.41, 5.74) is 0.126. The average molecular weight is 369 g/mol. The van der Waals surface area contributed by atoms with Gasteiger partial charge in [-0.3, -0.25) is 0 Å². The third kappa shape index (κ3) is 4.57. The number of nitrogens with zero attached hydrogens (tertiary/aromatic N) is 1. The highest BCUT2D eigenvalue weighted by Crippen LogP contribution is 2.45. The standard InChI is InChI=1S/C19H31NO6/c1-5-25-16(23)9-15-14-6-7-20(18(24)26-19(2,3)4)17(15)13(11-22)8-12(14)10-21/h9,12-14,17,21-22H,5-8,10-11H2,1-4H3/b15-9-/t12-,13+,14-,17+/m1/s1.